The van der Waals surface area contributed by atoms with Gasteiger partial charge in [0.05, 0.1) is 12.1 Å². The number of carbonyl (C=O) groups excluding carboxylic acids is 1. The first-order chi connectivity index (χ1) is 12.8. The van der Waals surface area contributed by atoms with Gasteiger partial charge in [-0.25, -0.2) is 9.79 Å². The minimum absolute atomic E-state index is 0. The first kappa shape index (κ1) is 21.9. The van der Waals surface area contributed by atoms with Crippen LogP contribution in [0.4, 0.5) is 4.79 Å². The van der Waals surface area contributed by atoms with Gasteiger partial charge < -0.3 is 25.0 Å². The smallest absolute Gasteiger partial charge is 0.410 e. The van der Waals surface area contributed by atoms with Crippen molar-refractivity contribution in [2.24, 2.45) is 22.1 Å². The van der Waals surface area contributed by atoms with Crippen LogP contribution in [-0.2, 0) is 9.47 Å². The second kappa shape index (κ2) is 8.16. The number of aliphatic imine (C=N–C) groups is 1. The first-order valence-corrected chi connectivity index (χ1v) is 10.5. The van der Waals surface area contributed by atoms with Crippen LogP contribution in [0.2, 0.25) is 0 Å². The van der Waals surface area contributed by atoms with Crippen molar-refractivity contribution in [2.75, 3.05) is 32.8 Å². The van der Waals surface area contributed by atoms with E-state index < -0.39 is 5.60 Å². The molecule has 0 aromatic heterocycles. The Bertz CT molecular complexity index is 607. The summed E-state index contributed by atoms with van der Waals surface area (Å²) in [6, 6.07) is 0.316. The quantitative estimate of drug-likeness (QED) is 0.336. The lowest BCUT2D eigenvalue weighted by atomic mass is 9.54. The Morgan fingerprint density at radius 3 is 2.36 bits per heavy atom. The number of nitrogens with zero attached hydrogens (tertiary/aromatic N) is 3. The minimum Gasteiger partial charge on any atom is -0.444 e. The van der Waals surface area contributed by atoms with Crippen molar-refractivity contribution in [3.63, 3.8) is 0 Å². The molecule has 0 aromatic carbocycles. The third-order valence-corrected chi connectivity index (χ3v) is 6.76. The zero-order valence-electron chi connectivity index (χ0n) is 17.4. The van der Waals surface area contributed by atoms with E-state index >= 15 is 0 Å². The Hall–Kier alpha value is -0.770. The van der Waals surface area contributed by atoms with Crippen molar-refractivity contribution in [2.45, 2.75) is 70.6 Å². The fraction of sp³-hybridized carbons (Fsp3) is 0.900. The highest BCUT2D eigenvalue weighted by molar-refractivity contribution is 14.0. The summed E-state index contributed by atoms with van der Waals surface area (Å²) in [5.74, 6) is 1.19. The number of carbonyl (C=O) groups is 1. The van der Waals surface area contributed by atoms with E-state index in [1.54, 1.807) is 4.90 Å². The summed E-state index contributed by atoms with van der Waals surface area (Å²) in [5.41, 5.74) is 6.19. The Balaban J connectivity index is 0.00000225. The molecule has 2 saturated carbocycles. The van der Waals surface area contributed by atoms with Gasteiger partial charge in [0.15, 0.2) is 5.96 Å². The summed E-state index contributed by atoms with van der Waals surface area (Å²) >= 11 is 0. The van der Waals surface area contributed by atoms with Crippen molar-refractivity contribution in [3.8, 4) is 0 Å². The summed E-state index contributed by atoms with van der Waals surface area (Å²) in [6.07, 6.45) is 6.29. The SMILES string of the molecule is CC(C)(C)OC(=O)N1CCN(C(N)=NC2C3CCOC3C23CCCC3)CC1.I. The van der Waals surface area contributed by atoms with Gasteiger partial charge in [0.1, 0.15) is 5.60 Å². The van der Waals surface area contributed by atoms with Gasteiger partial charge in [0, 0.05) is 44.1 Å². The van der Waals surface area contributed by atoms with E-state index in [4.69, 9.17) is 20.2 Å². The van der Waals surface area contributed by atoms with E-state index in [1.807, 2.05) is 20.8 Å². The lowest BCUT2D eigenvalue weighted by Crippen LogP contribution is -2.62. The molecule has 3 atom stereocenters. The van der Waals surface area contributed by atoms with E-state index in [9.17, 15) is 4.79 Å². The summed E-state index contributed by atoms with van der Waals surface area (Å²) in [5, 5.41) is 0. The fourth-order valence-corrected chi connectivity index (χ4v) is 5.50. The summed E-state index contributed by atoms with van der Waals surface area (Å²) in [4.78, 5) is 21.1. The average Bonchev–Trinajstić information content (AvgIpc) is 3.27. The molecule has 2 aliphatic heterocycles. The second-order valence-corrected chi connectivity index (χ2v) is 9.57. The van der Waals surface area contributed by atoms with Crippen molar-refractivity contribution < 1.29 is 14.3 Å². The number of hydrogen-bond donors (Lipinski definition) is 1. The lowest BCUT2D eigenvalue weighted by molar-refractivity contribution is -0.117. The molecule has 28 heavy (non-hydrogen) atoms. The highest BCUT2D eigenvalue weighted by atomic mass is 127. The average molecular weight is 506 g/mol. The van der Waals surface area contributed by atoms with Crippen LogP contribution >= 0.6 is 24.0 Å². The van der Waals surface area contributed by atoms with Gasteiger partial charge in [-0.2, -0.15) is 0 Å². The predicted molar refractivity (Wildman–Crippen MR) is 119 cm³/mol. The van der Waals surface area contributed by atoms with Gasteiger partial charge in [0.25, 0.3) is 0 Å². The number of halogens is 1. The lowest BCUT2D eigenvalue weighted by Gasteiger charge is -2.55. The van der Waals surface area contributed by atoms with Crippen molar-refractivity contribution >= 4 is 36.0 Å². The monoisotopic (exact) mass is 506 g/mol. The van der Waals surface area contributed by atoms with E-state index in [1.165, 1.54) is 25.7 Å². The van der Waals surface area contributed by atoms with E-state index in [-0.39, 0.29) is 35.5 Å². The molecule has 7 nitrogen and oxygen atoms in total. The summed E-state index contributed by atoms with van der Waals surface area (Å²) in [6.45, 7) is 9.21. The summed E-state index contributed by atoms with van der Waals surface area (Å²) in [7, 11) is 0. The summed E-state index contributed by atoms with van der Waals surface area (Å²) < 4.78 is 11.5. The molecule has 4 rings (SSSR count). The van der Waals surface area contributed by atoms with Crippen LogP contribution in [0.15, 0.2) is 4.99 Å². The number of ether oxygens (including phenoxy) is 2. The molecule has 0 bridgehead atoms. The molecule has 2 saturated heterocycles. The van der Waals surface area contributed by atoms with Crippen LogP contribution in [-0.4, -0.2) is 72.4 Å². The molecule has 0 aromatic rings. The number of nitrogens with two attached hydrogens (primary N) is 1. The fourth-order valence-electron chi connectivity index (χ4n) is 5.50. The molecule has 160 valence electrons. The topological polar surface area (TPSA) is 80.4 Å². The van der Waals surface area contributed by atoms with Crippen LogP contribution in [0.5, 0.6) is 0 Å². The van der Waals surface area contributed by atoms with Crippen LogP contribution in [0.25, 0.3) is 0 Å². The largest absolute Gasteiger partial charge is 0.444 e. The maximum absolute atomic E-state index is 12.2. The van der Waals surface area contributed by atoms with Gasteiger partial charge in [-0.1, -0.05) is 12.8 Å². The molecule has 2 heterocycles. The first-order valence-electron chi connectivity index (χ1n) is 10.5. The Kier molecular flexibility index (Phi) is 6.39. The number of fused-ring (bicyclic) bond motifs is 2. The number of rotatable bonds is 1. The van der Waals surface area contributed by atoms with Crippen LogP contribution in [0.1, 0.15) is 52.9 Å². The Morgan fingerprint density at radius 1 is 1.14 bits per heavy atom. The van der Waals surface area contributed by atoms with Crippen LogP contribution < -0.4 is 5.73 Å². The van der Waals surface area contributed by atoms with Gasteiger partial charge in [-0.05, 0) is 40.0 Å². The van der Waals surface area contributed by atoms with E-state index in [0.29, 0.717) is 50.2 Å². The number of amides is 1. The van der Waals surface area contributed by atoms with Crippen LogP contribution in [0.3, 0.4) is 0 Å². The van der Waals surface area contributed by atoms with Gasteiger partial charge in [0.2, 0.25) is 0 Å². The molecular weight excluding hydrogens is 471 g/mol. The maximum atomic E-state index is 12.2. The third kappa shape index (κ3) is 3.95. The molecule has 3 unspecified atom stereocenters. The number of piperazine rings is 1. The van der Waals surface area contributed by atoms with Crippen molar-refractivity contribution in [1.29, 1.82) is 0 Å². The van der Waals surface area contributed by atoms with E-state index in [2.05, 4.69) is 4.90 Å². The highest BCUT2D eigenvalue weighted by Gasteiger charge is 2.65. The predicted octanol–water partition coefficient (Wildman–Crippen LogP) is 2.82. The molecule has 8 heteroatoms. The standard InChI is InChI=1S/C20H34N4O3.HI/c1-19(2,3)27-18(25)24-11-9-23(10-12-24)17(21)22-15-14-6-13-26-16(14)20(15)7-4-5-8-20;/h14-16H,4-13H2,1-3H3,(H2,21,22);1H. The van der Waals surface area contributed by atoms with Gasteiger partial charge in [-0.3, -0.25) is 0 Å². The molecule has 2 N–H and O–H groups in total. The van der Waals surface area contributed by atoms with Crippen molar-refractivity contribution in [3.05, 3.63) is 0 Å². The zero-order chi connectivity index (χ0) is 19.2. The normalized spacial score (nSPS) is 32.0. The molecule has 0 radical (unpaired) electrons. The molecule has 4 aliphatic rings. The number of guanidine groups is 1. The molecular formula is C20H35IN4O3. The zero-order valence-corrected chi connectivity index (χ0v) is 19.7. The second-order valence-electron chi connectivity index (χ2n) is 9.57. The minimum atomic E-state index is -0.464. The molecule has 1 amide bonds. The molecule has 4 fully saturated rings. The van der Waals surface area contributed by atoms with Crippen LogP contribution in [0, 0.1) is 11.3 Å². The Morgan fingerprint density at radius 2 is 1.75 bits per heavy atom. The van der Waals surface area contributed by atoms with Gasteiger partial charge in [-0.15, -0.1) is 24.0 Å². The highest BCUT2D eigenvalue weighted by Crippen LogP contribution is 2.62. The Labute approximate surface area is 185 Å². The van der Waals surface area contributed by atoms with Gasteiger partial charge >= 0.3 is 6.09 Å². The molecule has 2 aliphatic carbocycles. The maximum Gasteiger partial charge on any atom is 0.410 e. The van der Waals surface area contributed by atoms with E-state index in [0.717, 1.165) is 13.0 Å². The third-order valence-electron chi connectivity index (χ3n) is 6.76. The molecule has 1 spiro atoms. The van der Waals surface area contributed by atoms with Crippen molar-refractivity contribution in [1.82, 2.24) is 9.80 Å². The number of hydrogen-bond acceptors (Lipinski definition) is 4.